The van der Waals surface area contributed by atoms with E-state index >= 15 is 0 Å². The van der Waals surface area contributed by atoms with E-state index in [1.807, 2.05) is 30.5 Å². The van der Waals surface area contributed by atoms with Gasteiger partial charge >= 0.3 is 0 Å². The fourth-order valence-corrected chi connectivity index (χ4v) is 6.17. The van der Waals surface area contributed by atoms with Gasteiger partial charge < -0.3 is 5.32 Å². The van der Waals surface area contributed by atoms with E-state index in [4.69, 9.17) is 19.9 Å². The van der Waals surface area contributed by atoms with Crippen molar-refractivity contribution in [2.45, 2.75) is 6.92 Å². The standard InChI is InChI=1S/C35H23BrN6/c1-21-9-2-3-10-23(21)24-11-4-6-14-28(24)38-33-27-18-16-22-17-19-30(39-31(22)32(27)40-35(36)41-33)42-29-15-7-5-12-25(29)26-13-8-20-37-34(26)42/h2-20H,1H3,(H,38,40,41). The van der Waals surface area contributed by atoms with Gasteiger partial charge in [-0.3, -0.25) is 4.57 Å². The topological polar surface area (TPSA) is 68.5 Å². The number of aryl methyl sites for hydroxylation is 1. The molecule has 0 spiro atoms. The van der Waals surface area contributed by atoms with Crippen molar-refractivity contribution in [3.63, 3.8) is 0 Å². The molecule has 0 fully saturated rings. The van der Waals surface area contributed by atoms with Crippen LogP contribution in [0.5, 0.6) is 0 Å². The second-order valence-electron chi connectivity index (χ2n) is 10.3. The highest BCUT2D eigenvalue weighted by Gasteiger charge is 2.17. The Hall–Kier alpha value is -5.14. The highest BCUT2D eigenvalue weighted by Crippen LogP contribution is 2.36. The summed E-state index contributed by atoms with van der Waals surface area (Å²) in [7, 11) is 0. The van der Waals surface area contributed by atoms with E-state index in [2.05, 4.69) is 118 Å². The SMILES string of the molecule is Cc1ccccc1-c1ccccc1Nc1nc(Br)nc2c1ccc1ccc(-n3c4ccccc4c4cccnc43)nc12. The van der Waals surface area contributed by atoms with E-state index < -0.39 is 0 Å². The minimum absolute atomic E-state index is 0.490. The number of benzene rings is 4. The molecule has 0 aliphatic carbocycles. The lowest BCUT2D eigenvalue weighted by molar-refractivity contribution is 1.07. The number of fused-ring (bicyclic) bond motifs is 6. The first-order valence-electron chi connectivity index (χ1n) is 13.7. The Kier molecular flexibility index (Phi) is 5.72. The zero-order valence-corrected chi connectivity index (χ0v) is 24.2. The molecule has 4 aromatic carbocycles. The minimum atomic E-state index is 0.490. The fourth-order valence-electron chi connectivity index (χ4n) is 5.81. The molecule has 1 N–H and O–H groups in total. The van der Waals surface area contributed by atoms with E-state index in [1.165, 1.54) is 11.1 Å². The number of para-hydroxylation sites is 2. The fraction of sp³-hybridized carbons (Fsp3) is 0.0286. The molecule has 4 heterocycles. The quantitative estimate of drug-likeness (QED) is 0.160. The largest absolute Gasteiger partial charge is 0.339 e. The van der Waals surface area contributed by atoms with E-state index in [0.717, 1.165) is 60.8 Å². The normalized spacial score (nSPS) is 11.6. The van der Waals surface area contributed by atoms with Crippen LogP contribution in [0.25, 0.3) is 60.7 Å². The van der Waals surface area contributed by atoms with Crippen LogP contribution in [0.2, 0.25) is 0 Å². The Bertz CT molecular complexity index is 2270. The molecule has 0 amide bonds. The molecule has 6 nitrogen and oxygen atoms in total. The van der Waals surface area contributed by atoms with Crippen LogP contribution in [-0.2, 0) is 0 Å². The molecular weight excluding hydrogens is 584 g/mol. The Labute approximate surface area is 249 Å². The smallest absolute Gasteiger partial charge is 0.199 e. The zero-order valence-electron chi connectivity index (χ0n) is 22.6. The van der Waals surface area contributed by atoms with Gasteiger partial charge in [-0.15, -0.1) is 0 Å². The minimum Gasteiger partial charge on any atom is -0.339 e. The number of anilines is 2. The Morgan fingerprint density at radius 2 is 1.40 bits per heavy atom. The molecule has 4 aromatic heterocycles. The second kappa shape index (κ2) is 9.75. The van der Waals surface area contributed by atoms with Crippen LogP contribution in [0.15, 0.2) is 120 Å². The van der Waals surface area contributed by atoms with Crippen LogP contribution in [0.4, 0.5) is 11.5 Å². The molecule has 0 radical (unpaired) electrons. The third kappa shape index (κ3) is 3.93. The van der Waals surface area contributed by atoms with Crippen molar-refractivity contribution in [3.8, 4) is 16.9 Å². The number of hydrogen-bond acceptors (Lipinski definition) is 5. The maximum atomic E-state index is 5.20. The summed E-state index contributed by atoms with van der Waals surface area (Å²) in [4.78, 5) is 19.5. The lowest BCUT2D eigenvalue weighted by Gasteiger charge is -2.15. The molecule has 0 saturated heterocycles. The summed E-state index contributed by atoms with van der Waals surface area (Å²) in [5.74, 6) is 1.49. The summed E-state index contributed by atoms with van der Waals surface area (Å²) in [6.45, 7) is 2.13. The molecule has 0 unspecified atom stereocenters. The average molecular weight is 608 g/mol. The Balaban J connectivity index is 1.32. The van der Waals surface area contributed by atoms with Crippen LogP contribution < -0.4 is 5.32 Å². The van der Waals surface area contributed by atoms with Gasteiger partial charge in [-0.25, -0.2) is 19.9 Å². The van der Waals surface area contributed by atoms with Gasteiger partial charge in [-0.2, -0.15) is 0 Å². The molecule has 0 atom stereocenters. The number of hydrogen-bond donors (Lipinski definition) is 1. The number of halogens is 1. The highest BCUT2D eigenvalue weighted by atomic mass is 79.9. The Morgan fingerprint density at radius 1 is 0.643 bits per heavy atom. The van der Waals surface area contributed by atoms with Gasteiger partial charge in [0.2, 0.25) is 0 Å². The molecule has 0 saturated carbocycles. The monoisotopic (exact) mass is 606 g/mol. The van der Waals surface area contributed by atoms with Crippen molar-refractivity contribution < 1.29 is 0 Å². The van der Waals surface area contributed by atoms with Crippen molar-refractivity contribution in [2.24, 2.45) is 0 Å². The summed E-state index contributed by atoms with van der Waals surface area (Å²) in [5.41, 5.74) is 7.96. The lowest BCUT2D eigenvalue weighted by Crippen LogP contribution is -2.02. The molecule has 8 aromatic rings. The van der Waals surface area contributed by atoms with Crippen LogP contribution in [0, 0.1) is 6.92 Å². The molecule has 7 heteroatoms. The molecule has 0 aliphatic heterocycles. The predicted molar refractivity (Wildman–Crippen MR) is 175 cm³/mol. The third-order valence-corrected chi connectivity index (χ3v) is 8.12. The van der Waals surface area contributed by atoms with E-state index in [0.29, 0.717) is 10.6 Å². The molecule has 0 bridgehead atoms. The number of nitrogens with one attached hydrogen (secondary N) is 1. The number of pyridine rings is 2. The van der Waals surface area contributed by atoms with E-state index in [-0.39, 0.29) is 0 Å². The summed E-state index contributed by atoms with van der Waals surface area (Å²) in [6.07, 6.45) is 1.82. The van der Waals surface area contributed by atoms with E-state index in [1.54, 1.807) is 0 Å². The van der Waals surface area contributed by atoms with Crippen molar-refractivity contribution in [2.75, 3.05) is 5.32 Å². The highest BCUT2D eigenvalue weighted by molar-refractivity contribution is 9.10. The summed E-state index contributed by atoms with van der Waals surface area (Å²) in [5, 5.41) is 7.73. The zero-order chi connectivity index (χ0) is 28.2. The van der Waals surface area contributed by atoms with Gasteiger partial charge in [0.05, 0.1) is 11.0 Å². The Morgan fingerprint density at radius 3 is 2.31 bits per heavy atom. The maximum absolute atomic E-state index is 5.20. The lowest BCUT2D eigenvalue weighted by atomic mass is 9.99. The average Bonchev–Trinajstić information content (AvgIpc) is 3.36. The van der Waals surface area contributed by atoms with Gasteiger partial charge in [-0.05, 0) is 76.4 Å². The number of nitrogens with zero attached hydrogens (tertiary/aromatic N) is 5. The van der Waals surface area contributed by atoms with E-state index in [9.17, 15) is 0 Å². The maximum Gasteiger partial charge on any atom is 0.199 e. The second-order valence-corrected chi connectivity index (χ2v) is 11.0. The van der Waals surface area contributed by atoms with Crippen molar-refractivity contribution in [1.29, 1.82) is 0 Å². The molecular formula is C35H23BrN6. The molecule has 0 aliphatic rings. The van der Waals surface area contributed by atoms with Crippen LogP contribution in [0.3, 0.4) is 0 Å². The van der Waals surface area contributed by atoms with Gasteiger partial charge in [0.1, 0.15) is 22.8 Å². The summed E-state index contributed by atoms with van der Waals surface area (Å²) < 4.78 is 2.61. The summed E-state index contributed by atoms with van der Waals surface area (Å²) >= 11 is 3.57. The number of aromatic nitrogens is 5. The molecule has 8 rings (SSSR count). The van der Waals surface area contributed by atoms with Crippen LogP contribution >= 0.6 is 15.9 Å². The van der Waals surface area contributed by atoms with Crippen molar-refractivity contribution in [3.05, 3.63) is 126 Å². The predicted octanol–water partition coefficient (Wildman–Crippen LogP) is 9.15. The molecule has 200 valence electrons. The first-order valence-corrected chi connectivity index (χ1v) is 14.5. The first kappa shape index (κ1) is 24.6. The molecule has 42 heavy (non-hydrogen) atoms. The first-order chi connectivity index (χ1) is 20.7. The van der Waals surface area contributed by atoms with Gasteiger partial charge in [-0.1, -0.05) is 66.7 Å². The third-order valence-electron chi connectivity index (χ3n) is 7.76. The van der Waals surface area contributed by atoms with Crippen molar-refractivity contribution >= 4 is 71.2 Å². The van der Waals surface area contributed by atoms with Crippen molar-refractivity contribution in [1.82, 2.24) is 24.5 Å². The van der Waals surface area contributed by atoms with Gasteiger partial charge in [0.15, 0.2) is 4.73 Å². The summed E-state index contributed by atoms with van der Waals surface area (Å²) in [6, 6.07) is 37.4. The number of rotatable bonds is 4. The van der Waals surface area contributed by atoms with Gasteiger partial charge in [0, 0.05) is 39.0 Å². The van der Waals surface area contributed by atoms with Gasteiger partial charge in [0.25, 0.3) is 0 Å². The van der Waals surface area contributed by atoms with Crippen LogP contribution in [-0.4, -0.2) is 24.5 Å². The van der Waals surface area contributed by atoms with Crippen LogP contribution in [0.1, 0.15) is 5.56 Å².